The van der Waals surface area contributed by atoms with Gasteiger partial charge in [-0.25, -0.2) is 14.1 Å². The Kier molecular flexibility index (Phi) is 4.04. The van der Waals surface area contributed by atoms with Gasteiger partial charge in [-0.2, -0.15) is 5.10 Å². The molecule has 2 N–H and O–H groups in total. The molecule has 0 aliphatic carbocycles. The molecule has 112 valence electrons. The molecule has 1 aromatic carbocycles. The van der Waals surface area contributed by atoms with Crippen molar-refractivity contribution in [2.45, 2.75) is 26.0 Å². The van der Waals surface area contributed by atoms with E-state index in [0.717, 1.165) is 0 Å². The molecule has 7 heteroatoms. The summed E-state index contributed by atoms with van der Waals surface area (Å²) in [6.07, 6.45) is 4.08. The molecule has 0 saturated heterocycles. The fraction of sp³-hybridized carbons (Fsp3) is 0.357. The third-order valence-corrected chi connectivity index (χ3v) is 3.63. The minimum atomic E-state index is -1.46. The first kappa shape index (κ1) is 15.1. The van der Waals surface area contributed by atoms with Crippen LogP contribution in [0.25, 0.3) is 0 Å². The van der Waals surface area contributed by atoms with Crippen LogP contribution in [0.5, 0.6) is 0 Å². The van der Waals surface area contributed by atoms with Crippen LogP contribution in [0.2, 0.25) is 0 Å². The maximum absolute atomic E-state index is 13.1. The molecule has 1 heterocycles. The second-order valence-electron chi connectivity index (χ2n) is 5.43. The topological polar surface area (TPSA) is 83.5 Å². The van der Waals surface area contributed by atoms with Crippen LogP contribution in [0.1, 0.15) is 19.4 Å². The average Bonchev–Trinajstić information content (AvgIpc) is 2.91. The second-order valence-corrected chi connectivity index (χ2v) is 5.43. The zero-order valence-electron chi connectivity index (χ0n) is 11.8. The largest absolute Gasteiger partial charge is 0.411 e. The Balaban J connectivity index is 2.49. The number of nitrogens with zero attached hydrogens (tertiary/aromatic N) is 4. The van der Waals surface area contributed by atoms with Crippen molar-refractivity contribution in [2.75, 3.05) is 0 Å². The van der Waals surface area contributed by atoms with E-state index in [1.165, 1.54) is 47.8 Å². The van der Waals surface area contributed by atoms with Crippen molar-refractivity contribution in [1.82, 2.24) is 14.8 Å². The monoisotopic (exact) mass is 292 g/mol. The number of hydrogen-bond acceptors (Lipinski definition) is 5. The lowest BCUT2D eigenvalue weighted by atomic mass is 9.71. The highest BCUT2D eigenvalue weighted by Gasteiger charge is 2.45. The lowest BCUT2D eigenvalue weighted by Crippen LogP contribution is -2.46. The van der Waals surface area contributed by atoms with E-state index < -0.39 is 16.8 Å². The molecule has 2 rings (SSSR count). The summed E-state index contributed by atoms with van der Waals surface area (Å²) in [7, 11) is 0. The van der Waals surface area contributed by atoms with Crippen LogP contribution in [-0.4, -0.2) is 31.3 Å². The van der Waals surface area contributed by atoms with Gasteiger partial charge < -0.3 is 10.3 Å². The Hall–Kier alpha value is -2.28. The SMILES string of the molecule is CC(C)(C=NO)C(O)(Cn1cncn1)c1ccc(F)cc1. The highest BCUT2D eigenvalue weighted by Crippen LogP contribution is 2.39. The van der Waals surface area contributed by atoms with Crippen LogP contribution in [0.3, 0.4) is 0 Å². The minimum absolute atomic E-state index is 0.0810. The summed E-state index contributed by atoms with van der Waals surface area (Å²) in [6, 6.07) is 5.54. The van der Waals surface area contributed by atoms with Crippen molar-refractivity contribution < 1.29 is 14.7 Å². The van der Waals surface area contributed by atoms with Crippen molar-refractivity contribution in [3.63, 3.8) is 0 Å². The molecule has 0 saturated carbocycles. The highest BCUT2D eigenvalue weighted by atomic mass is 19.1. The lowest BCUT2D eigenvalue weighted by Gasteiger charge is -2.40. The Morgan fingerprint density at radius 3 is 2.52 bits per heavy atom. The van der Waals surface area contributed by atoms with Gasteiger partial charge in [-0.1, -0.05) is 26.0 Å². The molecule has 6 nitrogen and oxygen atoms in total. The smallest absolute Gasteiger partial charge is 0.137 e. The summed E-state index contributed by atoms with van der Waals surface area (Å²) in [4.78, 5) is 3.84. The number of oxime groups is 1. The predicted octanol–water partition coefficient (Wildman–Crippen LogP) is 1.79. The van der Waals surface area contributed by atoms with Crippen LogP contribution in [0.4, 0.5) is 4.39 Å². The normalized spacial score (nSPS) is 15.2. The van der Waals surface area contributed by atoms with Crippen molar-refractivity contribution in [1.29, 1.82) is 0 Å². The molecule has 2 aromatic rings. The maximum Gasteiger partial charge on any atom is 0.137 e. The van der Waals surface area contributed by atoms with Crippen LogP contribution < -0.4 is 0 Å². The van der Waals surface area contributed by atoms with E-state index >= 15 is 0 Å². The first-order valence-corrected chi connectivity index (χ1v) is 6.38. The summed E-state index contributed by atoms with van der Waals surface area (Å²) < 4.78 is 14.6. The lowest BCUT2D eigenvalue weighted by molar-refractivity contribution is -0.0550. The summed E-state index contributed by atoms with van der Waals surface area (Å²) >= 11 is 0. The molecular formula is C14H17FN4O2. The van der Waals surface area contributed by atoms with Crippen molar-refractivity contribution in [3.8, 4) is 0 Å². The Labute approximate surface area is 121 Å². The van der Waals surface area contributed by atoms with Gasteiger partial charge in [0.1, 0.15) is 24.1 Å². The molecule has 0 fully saturated rings. The summed E-state index contributed by atoms with van der Waals surface area (Å²) in [5, 5.41) is 27.1. The van der Waals surface area contributed by atoms with Crippen LogP contribution >= 0.6 is 0 Å². The first-order chi connectivity index (χ1) is 9.89. The molecule has 0 bridgehead atoms. The second kappa shape index (κ2) is 5.61. The van der Waals surface area contributed by atoms with Gasteiger partial charge in [-0.15, -0.1) is 5.16 Å². The molecular weight excluding hydrogens is 275 g/mol. The van der Waals surface area contributed by atoms with Gasteiger partial charge in [0.15, 0.2) is 0 Å². The molecule has 1 unspecified atom stereocenters. The van der Waals surface area contributed by atoms with E-state index in [9.17, 15) is 9.50 Å². The van der Waals surface area contributed by atoms with Crippen LogP contribution in [0.15, 0.2) is 42.1 Å². The van der Waals surface area contributed by atoms with Gasteiger partial charge in [0, 0.05) is 5.41 Å². The van der Waals surface area contributed by atoms with Gasteiger partial charge in [-0.05, 0) is 17.7 Å². The molecule has 0 amide bonds. The third-order valence-electron chi connectivity index (χ3n) is 3.63. The van der Waals surface area contributed by atoms with Crippen molar-refractivity contribution in [2.24, 2.45) is 10.6 Å². The minimum Gasteiger partial charge on any atom is -0.411 e. The fourth-order valence-electron chi connectivity index (χ4n) is 2.19. The number of hydrogen-bond donors (Lipinski definition) is 2. The van der Waals surface area contributed by atoms with E-state index in [0.29, 0.717) is 5.56 Å². The summed E-state index contributed by atoms with van der Waals surface area (Å²) in [5.74, 6) is -0.393. The first-order valence-electron chi connectivity index (χ1n) is 6.38. The van der Waals surface area contributed by atoms with Gasteiger partial charge >= 0.3 is 0 Å². The maximum atomic E-state index is 13.1. The summed E-state index contributed by atoms with van der Waals surface area (Å²) in [6.45, 7) is 3.51. The van der Waals surface area contributed by atoms with Gasteiger partial charge in [0.25, 0.3) is 0 Å². The molecule has 0 radical (unpaired) electrons. The van der Waals surface area contributed by atoms with Gasteiger partial charge in [0.2, 0.25) is 0 Å². The number of aliphatic hydroxyl groups is 1. The van der Waals surface area contributed by atoms with Crippen molar-refractivity contribution in [3.05, 3.63) is 48.3 Å². The van der Waals surface area contributed by atoms with Crippen LogP contribution in [0, 0.1) is 11.2 Å². The van der Waals surface area contributed by atoms with Crippen molar-refractivity contribution >= 4 is 6.21 Å². The number of rotatable bonds is 5. The predicted molar refractivity (Wildman–Crippen MR) is 74.4 cm³/mol. The van der Waals surface area contributed by atoms with E-state index in [-0.39, 0.29) is 6.54 Å². The highest BCUT2D eigenvalue weighted by molar-refractivity contribution is 5.66. The molecule has 1 aromatic heterocycles. The average molecular weight is 292 g/mol. The molecule has 0 spiro atoms. The van der Waals surface area contributed by atoms with E-state index in [1.807, 2.05) is 0 Å². The molecule has 0 aliphatic heterocycles. The number of halogens is 1. The number of benzene rings is 1. The third kappa shape index (κ3) is 2.92. The Morgan fingerprint density at radius 1 is 1.33 bits per heavy atom. The Bertz CT molecular complexity index is 610. The fourth-order valence-corrected chi connectivity index (χ4v) is 2.19. The van der Waals surface area contributed by atoms with E-state index in [4.69, 9.17) is 5.21 Å². The zero-order chi connectivity index (χ0) is 15.5. The van der Waals surface area contributed by atoms with Gasteiger partial charge in [0.05, 0.1) is 12.8 Å². The van der Waals surface area contributed by atoms with E-state index in [1.54, 1.807) is 13.8 Å². The standard InChI is InChI=1S/C14H17FN4O2/c1-13(2,7-18-21)14(20,8-19-10-16-9-17-19)11-3-5-12(15)6-4-11/h3-7,9-10,20-21H,8H2,1-2H3. The van der Waals surface area contributed by atoms with Gasteiger partial charge in [-0.3, -0.25) is 0 Å². The molecule has 0 aliphatic rings. The quantitative estimate of drug-likeness (QED) is 0.500. The summed E-state index contributed by atoms with van der Waals surface area (Å²) in [5.41, 5.74) is -1.89. The molecule has 1 atom stereocenters. The number of aromatic nitrogens is 3. The van der Waals surface area contributed by atoms with Crippen LogP contribution in [-0.2, 0) is 12.1 Å². The molecule has 21 heavy (non-hydrogen) atoms. The zero-order valence-corrected chi connectivity index (χ0v) is 11.8. The Morgan fingerprint density at radius 2 is 2.00 bits per heavy atom. The van der Waals surface area contributed by atoms with E-state index in [2.05, 4.69) is 15.2 Å².